The van der Waals surface area contributed by atoms with Crippen LogP contribution in [0, 0.1) is 6.92 Å². The average molecular weight is 380 g/mol. The molecule has 0 atom stereocenters. The van der Waals surface area contributed by atoms with Gasteiger partial charge in [0.25, 0.3) is 5.91 Å². The quantitative estimate of drug-likeness (QED) is 0.803. The molecule has 5 heteroatoms. The Morgan fingerprint density at radius 2 is 1.71 bits per heavy atom. The van der Waals surface area contributed by atoms with Crippen LogP contribution in [0.2, 0.25) is 0 Å². The number of hydrogen-bond acceptors (Lipinski definition) is 3. The first-order valence-electron chi connectivity index (χ1n) is 9.90. The van der Waals surface area contributed by atoms with Gasteiger partial charge in [0.15, 0.2) is 6.61 Å². The molecule has 2 aromatic rings. The molecule has 28 heavy (non-hydrogen) atoms. The van der Waals surface area contributed by atoms with Crippen molar-refractivity contribution >= 4 is 11.8 Å². The van der Waals surface area contributed by atoms with Gasteiger partial charge in [-0.3, -0.25) is 9.59 Å². The van der Waals surface area contributed by atoms with Crippen molar-refractivity contribution in [2.75, 3.05) is 19.7 Å². The molecule has 3 rings (SSSR count). The number of piperidine rings is 1. The first kappa shape index (κ1) is 19.9. The lowest BCUT2D eigenvalue weighted by molar-refractivity contribution is -0.134. The first-order chi connectivity index (χ1) is 13.6. The molecule has 0 saturated carbocycles. The lowest BCUT2D eigenvalue weighted by atomic mass is 10.0. The Kier molecular flexibility index (Phi) is 7.06. The van der Waals surface area contributed by atoms with Crippen LogP contribution in [0.4, 0.5) is 0 Å². The molecular formula is C23H28N2O3. The predicted molar refractivity (Wildman–Crippen MR) is 109 cm³/mol. The van der Waals surface area contributed by atoms with Gasteiger partial charge in [0.05, 0.1) is 0 Å². The lowest BCUT2D eigenvalue weighted by Crippen LogP contribution is -2.47. The number of hydrogen-bond donors (Lipinski definition) is 1. The third kappa shape index (κ3) is 6.12. The zero-order valence-corrected chi connectivity index (χ0v) is 16.4. The van der Waals surface area contributed by atoms with Gasteiger partial charge in [-0.2, -0.15) is 0 Å². The van der Waals surface area contributed by atoms with Crippen LogP contribution < -0.4 is 10.1 Å². The van der Waals surface area contributed by atoms with E-state index in [1.165, 1.54) is 11.1 Å². The largest absolute Gasteiger partial charge is 0.484 e. The number of nitrogens with one attached hydrogen (secondary N) is 1. The number of likely N-dealkylation sites (tertiary alicyclic amines) is 1. The molecule has 1 saturated heterocycles. The topological polar surface area (TPSA) is 58.6 Å². The van der Waals surface area contributed by atoms with E-state index in [1.54, 1.807) is 0 Å². The summed E-state index contributed by atoms with van der Waals surface area (Å²) in [4.78, 5) is 26.3. The molecule has 1 heterocycles. The third-order valence-corrected chi connectivity index (χ3v) is 5.08. The second-order valence-electron chi connectivity index (χ2n) is 7.31. The molecule has 0 aliphatic carbocycles. The highest BCUT2D eigenvalue weighted by Crippen LogP contribution is 2.13. The van der Waals surface area contributed by atoms with Gasteiger partial charge in [-0.25, -0.2) is 0 Å². The van der Waals surface area contributed by atoms with Crippen LogP contribution in [0.15, 0.2) is 54.6 Å². The van der Waals surface area contributed by atoms with E-state index in [2.05, 4.69) is 36.5 Å². The predicted octanol–water partition coefficient (Wildman–Crippen LogP) is 3.11. The number of para-hydroxylation sites is 1. The van der Waals surface area contributed by atoms with Crippen molar-refractivity contribution in [2.24, 2.45) is 0 Å². The van der Waals surface area contributed by atoms with Crippen molar-refractivity contribution < 1.29 is 14.3 Å². The van der Waals surface area contributed by atoms with Crippen molar-refractivity contribution in [2.45, 2.75) is 38.6 Å². The lowest BCUT2D eigenvalue weighted by Gasteiger charge is -2.32. The van der Waals surface area contributed by atoms with E-state index in [0.717, 1.165) is 19.3 Å². The Bertz CT molecular complexity index is 766. The smallest absolute Gasteiger partial charge is 0.260 e. The minimum absolute atomic E-state index is 0.00648. The Morgan fingerprint density at radius 3 is 2.39 bits per heavy atom. The Balaban J connectivity index is 1.34. The van der Waals surface area contributed by atoms with Gasteiger partial charge in [0, 0.05) is 25.6 Å². The minimum atomic E-state index is -0.00648. The van der Waals surface area contributed by atoms with E-state index in [4.69, 9.17) is 4.74 Å². The molecule has 1 fully saturated rings. The number of nitrogens with zero attached hydrogens (tertiary/aromatic N) is 1. The number of carbonyl (C=O) groups is 2. The normalized spacial score (nSPS) is 14.5. The van der Waals surface area contributed by atoms with E-state index in [-0.39, 0.29) is 24.5 Å². The fourth-order valence-corrected chi connectivity index (χ4v) is 3.34. The van der Waals surface area contributed by atoms with Crippen LogP contribution in [0.3, 0.4) is 0 Å². The summed E-state index contributed by atoms with van der Waals surface area (Å²) in [6.45, 7) is 3.42. The van der Waals surface area contributed by atoms with E-state index in [1.807, 2.05) is 35.2 Å². The number of carbonyl (C=O) groups excluding carboxylic acids is 2. The zero-order valence-electron chi connectivity index (χ0n) is 16.4. The van der Waals surface area contributed by atoms with Crippen LogP contribution in [0.1, 0.15) is 30.4 Å². The van der Waals surface area contributed by atoms with Gasteiger partial charge < -0.3 is 15.0 Å². The van der Waals surface area contributed by atoms with Gasteiger partial charge in [0.1, 0.15) is 5.75 Å². The zero-order chi connectivity index (χ0) is 19.8. The summed E-state index contributed by atoms with van der Waals surface area (Å²) in [6, 6.07) is 17.8. The molecule has 1 aliphatic heterocycles. The molecular weight excluding hydrogens is 352 g/mol. The third-order valence-electron chi connectivity index (χ3n) is 5.08. The number of amides is 2. The first-order valence-corrected chi connectivity index (χ1v) is 9.90. The molecule has 0 bridgehead atoms. The Morgan fingerprint density at radius 1 is 1.04 bits per heavy atom. The fourth-order valence-electron chi connectivity index (χ4n) is 3.34. The van der Waals surface area contributed by atoms with Gasteiger partial charge in [-0.15, -0.1) is 0 Å². The maximum Gasteiger partial charge on any atom is 0.260 e. The number of ether oxygens (including phenoxy) is 1. The van der Waals surface area contributed by atoms with Crippen LogP contribution in [-0.2, 0) is 16.0 Å². The molecule has 2 amide bonds. The van der Waals surface area contributed by atoms with E-state index in [9.17, 15) is 9.59 Å². The average Bonchev–Trinajstić information content (AvgIpc) is 2.73. The van der Waals surface area contributed by atoms with E-state index >= 15 is 0 Å². The summed E-state index contributed by atoms with van der Waals surface area (Å²) in [6.07, 6.45) is 2.81. The molecule has 2 aromatic carbocycles. The van der Waals surface area contributed by atoms with Gasteiger partial charge >= 0.3 is 0 Å². The molecule has 5 nitrogen and oxygen atoms in total. The van der Waals surface area contributed by atoms with Gasteiger partial charge in [0.2, 0.25) is 5.91 Å². The summed E-state index contributed by atoms with van der Waals surface area (Å²) in [7, 11) is 0. The SMILES string of the molecule is Cc1ccc(CCC(=O)NC2CCN(C(=O)COc3ccccc3)CC2)cc1. The molecule has 148 valence electrons. The summed E-state index contributed by atoms with van der Waals surface area (Å²) in [5.41, 5.74) is 2.41. The summed E-state index contributed by atoms with van der Waals surface area (Å²) >= 11 is 0. The van der Waals surface area contributed by atoms with E-state index < -0.39 is 0 Å². The molecule has 0 aromatic heterocycles. The van der Waals surface area contributed by atoms with Gasteiger partial charge in [-0.05, 0) is 43.9 Å². The van der Waals surface area contributed by atoms with Crippen LogP contribution in [-0.4, -0.2) is 42.5 Å². The summed E-state index contributed by atoms with van der Waals surface area (Å²) in [5, 5.41) is 3.11. The molecule has 1 aliphatic rings. The number of aryl methyl sites for hydroxylation is 2. The van der Waals surface area contributed by atoms with Crippen LogP contribution in [0.25, 0.3) is 0 Å². The molecule has 0 radical (unpaired) electrons. The van der Waals surface area contributed by atoms with Crippen molar-refractivity contribution in [1.82, 2.24) is 10.2 Å². The minimum Gasteiger partial charge on any atom is -0.484 e. The second-order valence-corrected chi connectivity index (χ2v) is 7.31. The Hall–Kier alpha value is -2.82. The summed E-state index contributed by atoms with van der Waals surface area (Å²) < 4.78 is 5.53. The van der Waals surface area contributed by atoms with Gasteiger partial charge in [-0.1, -0.05) is 48.0 Å². The van der Waals surface area contributed by atoms with Crippen molar-refractivity contribution in [3.8, 4) is 5.75 Å². The standard InChI is InChI=1S/C23H28N2O3/c1-18-7-9-19(10-8-18)11-12-22(26)24-20-13-15-25(16-14-20)23(27)17-28-21-5-3-2-4-6-21/h2-10,20H,11-17H2,1H3,(H,24,26). The molecule has 1 N–H and O–H groups in total. The maximum atomic E-state index is 12.3. The highest BCUT2D eigenvalue weighted by Gasteiger charge is 2.24. The Labute approximate surface area is 166 Å². The maximum absolute atomic E-state index is 12.3. The molecule has 0 spiro atoms. The number of rotatable bonds is 7. The van der Waals surface area contributed by atoms with Crippen LogP contribution in [0.5, 0.6) is 5.75 Å². The second kappa shape index (κ2) is 9.93. The van der Waals surface area contributed by atoms with E-state index in [0.29, 0.717) is 25.3 Å². The van der Waals surface area contributed by atoms with Crippen molar-refractivity contribution in [3.63, 3.8) is 0 Å². The monoisotopic (exact) mass is 380 g/mol. The van der Waals surface area contributed by atoms with Crippen LogP contribution >= 0.6 is 0 Å². The van der Waals surface area contributed by atoms with Crippen molar-refractivity contribution in [3.05, 3.63) is 65.7 Å². The fraction of sp³-hybridized carbons (Fsp3) is 0.391. The summed E-state index contributed by atoms with van der Waals surface area (Å²) in [5.74, 6) is 0.775. The highest BCUT2D eigenvalue weighted by molar-refractivity contribution is 5.78. The highest BCUT2D eigenvalue weighted by atomic mass is 16.5. The number of benzene rings is 2. The van der Waals surface area contributed by atoms with Crippen molar-refractivity contribution in [1.29, 1.82) is 0 Å². The molecule has 0 unspecified atom stereocenters.